The van der Waals surface area contributed by atoms with Gasteiger partial charge in [0.25, 0.3) is 0 Å². The van der Waals surface area contributed by atoms with Crippen LogP contribution in [0.3, 0.4) is 0 Å². The summed E-state index contributed by atoms with van der Waals surface area (Å²) in [7, 11) is 0. The van der Waals surface area contributed by atoms with Crippen molar-refractivity contribution in [2.45, 2.75) is 90.4 Å². The molecule has 11 nitrogen and oxygen atoms in total. The van der Waals surface area contributed by atoms with Crippen LogP contribution in [0.5, 0.6) is 0 Å². The van der Waals surface area contributed by atoms with E-state index in [0.717, 1.165) is 5.56 Å². The molecule has 11 heteroatoms. The van der Waals surface area contributed by atoms with Crippen molar-refractivity contribution in [3.8, 4) is 0 Å². The summed E-state index contributed by atoms with van der Waals surface area (Å²) in [5.41, 5.74) is 0.562. The summed E-state index contributed by atoms with van der Waals surface area (Å²) in [5, 5.41) is 8.79. The molecular weight excluding hydrogens is 648 g/mol. The van der Waals surface area contributed by atoms with E-state index in [1.165, 1.54) is 0 Å². The summed E-state index contributed by atoms with van der Waals surface area (Å²) in [4.78, 5) is 70.8. The number of morpholine rings is 1. The summed E-state index contributed by atoms with van der Waals surface area (Å²) < 4.78 is 10.9. The van der Waals surface area contributed by atoms with Crippen molar-refractivity contribution >= 4 is 29.3 Å². The van der Waals surface area contributed by atoms with E-state index in [-0.39, 0.29) is 42.3 Å². The number of ketones is 2. The minimum atomic E-state index is -1.01. The molecule has 3 N–H and O–H groups in total. The van der Waals surface area contributed by atoms with E-state index in [0.29, 0.717) is 64.2 Å². The van der Waals surface area contributed by atoms with Gasteiger partial charge in [0.1, 0.15) is 17.7 Å². The van der Waals surface area contributed by atoms with Crippen molar-refractivity contribution in [1.82, 2.24) is 20.9 Å². The molecule has 2 aromatic rings. The van der Waals surface area contributed by atoms with Gasteiger partial charge in [0.15, 0.2) is 11.6 Å². The van der Waals surface area contributed by atoms with Crippen molar-refractivity contribution in [3.05, 3.63) is 71.8 Å². The quantitative estimate of drug-likeness (QED) is 0.140. The zero-order chi connectivity index (χ0) is 37.0. The van der Waals surface area contributed by atoms with Gasteiger partial charge in [-0.3, -0.25) is 28.9 Å². The lowest BCUT2D eigenvalue weighted by molar-refractivity contribution is -0.133. The van der Waals surface area contributed by atoms with Crippen molar-refractivity contribution in [2.75, 3.05) is 39.5 Å². The fourth-order valence-corrected chi connectivity index (χ4v) is 6.56. The zero-order valence-corrected chi connectivity index (χ0v) is 30.8. The molecule has 0 bridgehead atoms. The average Bonchev–Trinajstić information content (AvgIpc) is 3.87. The highest BCUT2D eigenvalue weighted by molar-refractivity contribution is 6.03. The molecule has 2 fully saturated rings. The maximum absolute atomic E-state index is 14.1. The first-order chi connectivity index (χ1) is 24.3. The number of carbonyl (C=O) groups excluding carboxylic acids is 5. The Balaban J connectivity index is 1.54. The van der Waals surface area contributed by atoms with Gasteiger partial charge < -0.3 is 25.4 Å². The highest BCUT2D eigenvalue weighted by Gasteiger charge is 2.50. The van der Waals surface area contributed by atoms with Crippen molar-refractivity contribution in [1.29, 1.82) is 0 Å². The Morgan fingerprint density at radius 3 is 1.90 bits per heavy atom. The molecule has 278 valence electrons. The van der Waals surface area contributed by atoms with E-state index in [1.807, 2.05) is 69.0 Å². The first-order valence-electron chi connectivity index (χ1n) is 18.4. The Kier molecular flexibility index (Phi) is 14.9. The van der Waals surface area contributed by atoms with Crippen LogP contribution >= 0.6 is 0 Å². The largest absolute Gasteiger partial charge is 0.379 e. The van der Waals surface area contributed by atoms with Crippen LogP contribution in [-0.2, 0) is 35.1 Å². The molecule has 2 aromatic carbocycles. The van der Waals surface area contributed by atoms with Gasteiger partial charge in [-0.25, -0.2) is 0 Å². The van der Waals surface area contributed by atoms with Crippen LogP contribution < -0.4 is 16.0 Å². The number of epoxide rings is 1. The number of hydrogen-bond donors (Lipinski definition) is 3. The zero-order valence-electron chi connectivity index (χ0n) is 30.8. The SMILES string of the molecule is CC(C)C[C@@H](C[C@H](NC(=O)[C@H](CC(C)C)NC(=O)[C@H](CCc1ccccc1)NC(=O)CN1CCOCC1)C(=O)c1ccccc1)C(=O)[C@]1(C)CO1. The number of nitrogens with one attached hydrogen (secondary N) is 3. The Hall–Kier alpha value is -3.93. The topological polar surface area (TPSA) is 146 Å². The Labute approximate surface area is 302 Å². The van der Waals surface area contributed by atoms with E-state index in [9.17, 15) is 24.0 Å². The van der Waals surface area contributed by atoms with Gasteiger partial charge in [0.05, 0.1) is 32.4 Å². The first kappa shape index (κ1) is 39.8. The Morgan fingerprint density at radius 1 is 0.745 bits per heavy atom. The van der Waals surface area contributed by atoms with Crippen molar-refractivity contribution in [2.24, 2.45) is 17.8 Å². The van der Waals surface area contributed by atoms with Crippen LogP contribution in [0.15, 0.2) is 60.7 Å². The van der Waals surface area contributed by atoms with Crippen LogP contribution in [0.4, 0.5) is 0 Å². The highest BCUT2D eigenvalue weighted by Crippen LogP contribution is 2.34. The van der Waals surface area contributed by atoms with Gasteiger partial charge in [-0.15, -0.1) is 0 Å². The third kappa shape index (κ3) is 12.7. The van der Waals surface area contributed by atoms with Crippen LogP contribution in [0.1, 0.15) is 76.2 Å². The molecule has 0 saturated carbocycles. The Morgan fingerprint density at radius 2 is 1.31 bits per heavy atom. The molecule has 0 aliphatic carbocycles. The molecule has 51 heavy (non-hydrogen) atoms. The predicted octanol–water partition coefficient (Wildman–Crippen LogP) is 3.75. The number of nitrogens with zero attached hydrogens (tertiary/aromatic N) is 1. The fraction of sp³-hybridized carbons (Fsp3) is 0.575. The molecule has 2 aliphatic rings. The number of aryl methyl sites for hydroxylation is 1. The number of Topliss-reactive ketones (excluding diaryl/α,β-unsaturated/α-hetero) is 2. The minimum absolute atomic E-state index is 0.0187. The van der Waals surface area contributed by atoms with Gasteiger partial charge in [0.2, 0.25) is 17.7 Å². The van der Waals surface area contributed by atoms with Gasteiger partial charge in [-0.2, -0.15) is 0 Å². The van der Waals surface area contributed by atoms with E-state index in [1.54, 1.807) is 31.2 Å². The molecule has 0 radical (unpaired) electrons. The normalized spacial score (nSPS) is 19.8. The summed E-state index contributed by atoms with van der Waals surface area (Å²) in [6, 6.07) is 15.5. The molecule has 4 rings (SSSR count). The lowest BCUT2D eigenvalue weighted by Gasteiger charge is -2.29. The van der Waals surface area contributed by atoms with Crippen LogP contribution in [-0.4, -0.2) is 97.4 Å². The van der Waals surface area contributed by atoms with Gasteiger partial charge in [-0.1, -0.05) is 88.4 Å². The Bertz CT molecular complexity index is 1460. The lowest BCUT2D eigenvalue weighted by Crippen LogP contribution is -2.57. The summed E-state index contributed by atoms with van der Waals surface area (Å²) in [6.45, 7) is 12.5. The third-order valence-electron chi connectivity index (χ3n) is 9.46. The number of carbonyl (C=O) groups is 5. The smallest absolute Gasteiger partial charge is 0.243 e. The molecule has 3 amide bonds. The summed E-state index contributed by atoms with van der Waals surface area (Å²) in [5.74, 6) is -1.98. The molecule has 0 spiro atoms. The van der Waals surface area contributed by atoms with E-state index >= 15 is 0 Å². The van der Waals surface area contributed by atoms with Crippen molar-refractivity contribution < 1.29 is 33.4 Å². The lowest BCUT2D eigenvalue weighted by atomic mass is 9.81. The van der Waals surface area contributed by atoms with Crippen LogP contribution in [0.25, 0.3) is 0 Å². The molecule has 2 saturated heterocycles. The third-order valence-corrected chi connectivity index (χ3v) is 9.46. The van der Waals surface area contributed by atoms with E-state index in [2.05, 4.69) is 16.0 Å². The van der Waals surface area contributed by atoms with E-state index in [4.69, 9.17) is 9.47 Å². The van der Waals surface area contributed by atoms with Gasteiger partial charge in [-0.05, 0) is 56.4 Å². The van der Waals surface area contributed by atoms with Gasteiger partial charge >= 0.3 is 0 Å². The molecule has 0 unspecified atom stereocenters. The average molecular weight is 705 g/mol. The molecule has 5 atom stereocenters. The molecule has 0 aromatic heterocycles. The van der Waals surface area contributed by atoms with Crippen molar-refractivity contribution in [3.63, 3.8) is 0 Å². The van der Waals surface area contributed by atoms with Gasteiger partial charge in [0, 0.05) is 24.6 Å². The number of ether oxygens (including phenoxy) is 2. The minimum Gasteiger partial charge on any atom is -0.379 e. The summed E-state index contributed by atoms with van der Waals surface area (Å²) in [6.07, 6.45) is 1.81. The monoisotopic (exact) mass is 704 g/mol. The number of rotatable bonds is 20. The number of hydrogen-bond acceptors (Lipinski definition) is 8. The van der Waals surface area contributed by atoms with E-state index < -0.39 is 41.5 Å². The highest BCUT2D eigenvalue weighted by atomic mass is 16.6. The predicted molar refractivity (Wildman–Crippen MR) is 195 cm³/mol. The number of amides is 3. The fourth-order valence-electron chi connectivity index (χ4n) is 6.56. The molecule has 2 heterocycles. The number of benzene rings is 2. The summed E-state index contributed by atoms with van der Waals surface area (Å²) >= 11 is 0. The molecule has 2 aliphatic heterocycles. The second-order valence-corrected chi connectivity index (χ2v) is 15.0. The maximum atomic E-state index is 14.1. The van der Waals surface area contributed by atoms with Crippen LogP contribution in [0.2, 0.25) is 0 Å². The molecular formula is C40H56N4O7. The maximum Gasteiger partial charge on any atom is 0.243 e. The second kappa shape index (κ2) is 19.1. The van der Waals surface area contributed by atoms with Crippen LogP contribution in [0, 0.1) is 17.8 Å². The first-order valence-corrected chi connectivity index (χ1v) is 18.4. The second-order valence-electron chi connectivity index (χ2n) is 15.0. The standard InChI is InChI=1S/C40H56N4O7/c1-27(2)22-31(37(47)40(5)26-51-40)24-33(36(46)30-14-10-7-11-15-30)42-39(49)34(23-28(3)4)43-38(48)32(17-16-29-12-8-6-9-13-29)41-35(45)25-44-18-20-50-21-19-44/h6-15,27-28,31-34H,16-26H2,1-5H3,(H,41,45)(H,42,49)(H,43,48)/t31-,32-,33-,34-,40-/m0/s1.